The lowest BCUT2D eigenvalue weighted by Gasteiger charge is -2.07. The maximum Gasteiger partial charge on any atom is 0.154 e. The molecule has 1 N–H and O–H groups in total. The Bertz CT molecular complexity index is 725. The molecule has 0 aliphatic rings. The van der Waals surface area contributed by atoms with Crippen LogP contribution in [-0.2, 0) is 0 Å². The minimum absolute atomic E-state index is 0.707. The van der Waals surface area contributed by atoms with E-state index in [1.807, 2.05) is 37.4 Å². The fourth-order valence-electron chi connectivity index (χ4n) is 1.91. The average molecular weight is 271 g/mol. The standard InChI is InChI=1S/C14H11ClN4/c1-16-14-13-12(17-6-7-18-13)8-11(19-14)9-2-4-10(15)5-3-9/h2-8H,1H3,(H,16,19). The average Bonchev–Trinajstić information content (AvgIpc) is 2.47. The lowest BCUT2D eigenvalue weighted by Crippen LogP contribution is -1.98. The largest absolute Gasteiger partial charge is 0.371 e. The van der Waals surface area contributed by atoms with E-state index in [0.717, 1.165) is 28.1 Å². The molecule has 0 aliphatic heterocycles. The highest BCUT2D eigenvalue weighted by Crippen LogP contribution is 2.25. The van der Waals surface area contributed by atoms with Crippen LogP contribution in [0.4, 0.5) is 5.82 Å². The highest BCUT2D eigenvalue weighted by Gasteiger charge is 2.08. The number of nitrogens with zero attached hydrogens (tertiary/aromatic N) is 3. The lowest BCUT2D eigenvalue weighted by atomic mass is 10.1. The molecule has 3 rings (SSSR count). The highest BCUT2D eigenvalue weighted by atomic mass is 35.5. The van der Waals surface area contributed by atoms with Gasteiger partial charge in [-0.3, -0.25) is 4.98 Å². The summed E-state index contributed by atoms with van der Waals surface area (Å²) in [7, 11) is 1.82. The van der Waals surface area contributed by atoms with Crippen molar-refractivity contribution < 1.29 is 0 Å². The molecule has 0 aliphatic carbocycles. The van der Waals surface area contributed by atoms with Gasteiger partial charge >= 0.3 is 0 Å². The van der Waals surface area contributed by atoms with Gasteiger partial charge in [0.1, 0.15) is 5.52 Å². The van der Waals surface area contributed by atoms with Crippen molar-refractivity contribution in [1.29, 1.82) is 0 Å². The molecule has 0 radical (unpaired) electrons. The van der Waals surface area contributed by atoms with Crippen LogP contribution in [0.15, 0.2) is 42.7 Å². The van der Waals surface area contributed by atoms with E-state index in [-0.39, 0.29) is 0 Å². The second-order valence-electron chi connectivity index (χ2n) is 4.04. The van der Waals surface area contributed by atoms with E-state index in [4.69, 9.17) is 11.6 Å². The first-order chi connectivity index (χ1) is 9.28. The number of halogens is 1. The van der Waals surface area contributed by atoms with Crippen molar-refractivity contribution in [2.45, 2.75) is 0 Å². The Morgan fingerprint density at radius 2 is 1.79 bits per heavy atom. The van der Waals surface area contributed by atoms with E-state index < -0.39 is 0 Å². The summed E-state index contributed by atoms with van der Waals surface area (Å²) in [6.45, 7) is 0. The molecule has 19 heavy (non-hydrogen) atoms. The summed E-state index contributed by atoms with van der Waals surface area (Å²) < 4.78 is 0. The number of anilines is 1. The molecule has 0 bridgehead atoms. The first kappa shape index (κ1) is 11.9. The van der Waals surface area contributed by atoms with Gasteiger partial charge in [-0.05, 0) is 18.2 Å². The molecule has 2 heterocycles. The number of hydrogen-bond donors (Lipinski definition) is 1. The van der Waals surface area contributed by atoms with Crippen LogP contribution in [0.1, 0.15) is 0 Å². The summed E-state index contributed by atoms with van der Waals surface area (Å²) in [6.07, 6.45) is 3.33. The summed E-state index contributed by atoms with van der Waals surface area (Å²) in [5.41, 5.74) is 3.41. The van der Waals surface area contributed by atoms with E-state index in [2.05, 4.69) is 20.3 Å². The van der Waals surface area contributed by atoms with Crippen molar-refractivity contribution in [1.82, 2.24) is 15.0 Å². The van der Waals surface area contributed by atoms with Crippen LogP contribution in [0.2, 0.25) is 5.02 Å². The van der Waals surface area contributed by atoms with Gasteiger partial charge in [0, 0.05) is 30.0 Å². The molecule has 0 amide bonds. The third kappa shape index (κ3) is 2.22. The Morgan fingerprint density at radius 1 is 1.05 bits per heavy atom. The smallest absolute Gasteiger partial charge is 0.154 e. The first-order valence-corrected chi connectivity index (χ1v) is 6.21. The predicted octanol–water partition coefficient (Wildman–Crippen LogP) is 3.39. The number of hydrogen-bond acceptors (Lipinski definition) is 4. The molecule has 0 saturated heterocycles. The van der Waals surface area contributed by atoms with E-state index in [1.54, 1.807) is 12.4 Å². The fourth-order valence-corrected chi connectivity index (χ4v) is 2.04. The Kier molecular flexibility index (Phi) is 3.01. The number of pyridine rings is 1. The fraction of sp³-hybridized carbons (Fsp3) is 0.0714. The SMILES string of the molecule is CNc1nc(-c2ccc(Cl)cc2)cc2nccnc12. The minimum Gasteiger partial charge on any atom is -0.371 e. The maximum atomic E-state index is 5.90. The van der Waals surface area contributed by atoms with Gasteiger partial charge < -0.3 is 5.32 Å². The monoisotopic (exact) mass is 270 g/mol. The molecular formula is C14H11ClN4. The molecule has 94 valence electrons. The molecular weight excluding hydrogens is 260 g/mol. The highest BCUT2D eigenvalue weighted by molar-refractivity contribution is 6.30. The van der Waals surface area contributed by atoms with E-state index in [0.29, 0.717) is 5.02 Å². The predicted molar refractivity (Wildman–Crippen MR) is 77.3 cm³/mol. The Hall–Kier alpha value is -2.20. The van der Waals surface area contributed by atoms with Gasteiger partial charge in [0.05, 0.1) is 11.2 Å². The van der Waals surface area contributed by atoms with Crippen molar-refractivity contribution >= 4 is 28.5 Å². The third-order valence-electron chi connectivity index (χ3n) is 2.83. The van der Waals surface area contributed by atoms with Gasteiger partial charge in [-0.25, -0.2) is 9.97 Å². The first-order valence-electron chi connectivity index (χ1n) is 5.83. The van der Waals surface area contributed by atoms with Crippen LogP contribution in [0.5, 0.6) is 0 Å². The molecule has 0 unspecified atom stereocenters. The zero-order valence-corrected chi connectivity index (χ0v) is 11.0. The van der Waals surface area contributed by atoms with Crippen LogP contribution in [0, 0.1) is 0 Å². The van der Waals surface area contributed by atoms with Crippen molar-refractivity contribution in [3.63, 3.8) is 0 Å². The summed E-state index contributed by atoms with van der Waals surface area (Å²) in [5.74, 6) is 0.718. The summed E-state index contributed by atoms with van der Waals surface area (Å²) in [5, 5.41) is 3.76. The maximum absolute atomic E-state index is 5.90. The number of nitrogens with one attached hydrogen (secondary N) is 1. The normalized spacial score (nSPS) is 10.6. The Morgan fingerprint density at radius 3 is 2.53 bits per heavy atom. The van der Waals surface area contributed by atoms with Crippen molar-refractivity contribution in [3.05, 3.63) is 47.7 Å². The third-order valence-corrected chi connectivity index (χ3v) is 3.09. The lowest BCUT2D eigenvalue weighted by molar-refractivity contribution is 1.23. The molecule has 2 aromatic heterocycles. The quantitative estimate of drug-likeness (QED) is 0.775. The molecule has 1 aromatic carbocycles. The topological polar surface area (TPSA) is 50.7 Å². The molecule has 0 atom stereocenters. The van der Waals surface area contributed by atoms with Crippen LogP contribution >= 0.6 is 11.6 Å². The number of fused-ring (bicyclic) bond motifs is 1. The zero-order chi connectivity index (χ0) is 13.2. The zero-order valence-electron chi connectivity index (χ0n) is 10.3. The molecule has 0 saturated carbocycles. The molecule has 5 heteroatoms. The molecule has 0 fully saturated rings. The van der Waals surface area contributed by atoms with Gasteiger partial charge in [-0.1, -0.05) is 23.7 Å². The van der Waals surface area contributed by atoms with Crippen molar-refractivity contribution in [2.75, 3.05) is 12.4 Å². The Labute approximate surface area is 115 Å². The number of rotatable bonds is 2. The van der Waals surface area contributed by atoms with Gasteiger partial charge in [-0.2, -0.15) is 0 Å². The Balaban J connectivity index is 2.22. The summed E-state index contributed by atoms with van der Waals surface area (Å²) in [4.78, 5) is 13.2. The number of benzene rings is 1. The van der Waals surface area contributed by atoms with Crippen molar-refractivity contribution in [2.24, 2.45) is 0 Å². The van der Waals surface area contributed by atoms with Crippen molar-refractivity contribution in [3.8, 4) is 11.3 Å². The van der Waals surface area contributed by atoms with Gasteiger partial charge in [0.15, 0.2) is 5.82 Å². The number of aromatic nitrogens is 3. The molecule has 3 aromatic rings. The second kappa shape index (κ2) is 4.82. The summed E-state index contributed by atoms with van der Waals surface area (Å²) in [6, 6.07) is 9.49. The second-order valence-corrected chi connectivity index (χ2v) is 4.47. The van der Waals surface area contributed by atoms with Gasteiger partial charge in [0.2, 0.25) is 0 Å². The molecule has 0 spiro atoms. The van der Waals surface area contributed by atoms with Crippen LogP contribution in [0.25, 0.3) is 22.3 Å². The minimum atomic E-state index is 0.707. The van der Waals surface area contributed by atoms with E-state index in [1.165, 1.54) is 0 Å². The van der Waals surface area contributed by atoms with Crippen LogP contribution in [0.3, 0.4) is 0 Å². The van der Waals surface area contributed by atoms with Gasteiger partial charge in [-0.15, -0.1) is 0 Å². The van der Waals surface area contributed by atoms with E-state index in [9.17, 15) is 0 Å². The van der Waals surface area contributed by atoms with Crippen LogP contribution < -0.4 is 5.32 Å². The van der Waals surface area contributed by atoms with Crippen LogP contribution in [-0.4, -0.2) is 22.0 Å². The van der Waals surface area contributed by atoms with Gasteiger partial charge in [0.25, 0.3) is 0 Å². The molecule has 4 nitrogen and oxygen atoms in total. The van der Waals surface area contributed by atoms with E-state index >= 15 is 0 Å². The summed E-state index contributed by atoms with van der Waals surface area (Å²) >= 11 is 5.90.